The number of sulfonamides is 1. The minimum absolute atomic E-state index is 0.127. The van der Waals surface area contributed by atoms with Crippen molar-refractivity contribution in [2.24, 2.45) is 5.73 Å². The molecule has 3 N–H and O–H groups in total. The molecule has 0 saturated carbocycles. The van der Waals surface area contributed by atoms with Crippen LogP contribution in [0.1, 0.15) is 5.76 Å². The van der Waals surface area contributed by atoms with Crippen LogP contribution in [-0.4, -0.2) is 8.42 Å². The fraction of sp³-hybridized carbons (Fsp3) is 0.0909. The highest BCUT2D eigenvalue weighted by atomic mass is 35.5. The van der Waals surface area contributed by atoms with Gasteiger partial charge in [0.1, 0.15) is 5.76 Å². The molecule has 1 aromatic carbocycles. The molecule has 0 aliphatic carbocycles. The molecule has 0 fully saturated rings. The number of furan rings is 1. The van der Waals surface area contributed by atoms with Crippen LogP contribution in [0.2, 0.25) is 10.0 Å². The van der Waals surface area contributed by atoms with Gasteiger partial charge in [0, 0.05) is 0 Å². The molecule has 0 saturated heterocycles. The minimum atomic E-state index is -3.81. The first kappa shape index (κ1) is 14.2. The minimum Gasteiger partial charge on any atom is -0.446 e. The zero-order valence-corrected chi connectivity index (χ0v) is 11.9. The number of nitrogens with two attached hydrogens (primary N) is 1. The molecule has 1 heterocycles. The number of hydrogen-bond donors (Lipinski definition) is 2. The van der Waals surface area contributed by atoms with Crippen molar-refractivity contribution in [2.75, 3.05) is 4.72 Å². The first-order chi connectivity index (χ1) is 8.92. The molecule has 19 heavy (non-hydrogen) atoms. The van der Waals surface area contributed by atoms with Crippen molar-refractivity contribution in [2.45, 2.75) is 11.6 Å². The average Bonchev–Trinajstić information content (AvgIpc) is 2.83. The second-order valence-corrected chi connectivity index (χ2v) is 6.09. The van der Waals surface area contributed by atoms with Crippen LogP contribution in [0, 0.1) is 0 Å². The standard InChI is InChI=1S/C11H10Cl2N2O3S/c12-9-3-1-7(5-10(9)13)15-19(16,17)11-4-2-8(6-14)18-11/h1-5,15H,6,14H2. The summed E-state index contributed by atoms with van der Waals surface area (Å²) in [6.07, 6.45) is 0. The van der Waals surface area contributed by atoms with Gasteiger partial charge in [0.25, 0.3) is 10.0 Å². The van der Waals surface area contributed by atoms with E-state index in [1.54, 1.807) is 0 Å². The molecule has 0 amide bonds. The van der Waals surface area contributed by atoms with Crippen molar-refractivity contribution in [3.63, 3.8) is 0 Å². The van der Waals surface area contributed by atoms with Gasteiger partial charge in [0.2, 0.25) is 5.09 Å². The zero-order chi connectivity index (χ0) is 14.0. The molecule has 2 aromatic rings. The lowest BCUT2D eigenvalue weighted by Gasteiger charge is -2.06. The second-order valence-electron chi connectivity index (χ2n) is 3.66. The number of halogens is 2. The molecule has 0 aliphatic rings. The van der Waals surface area contributed by atoms with Crippen molar-refractivity contribution in [3.05, 3.63) is 46.1 Å². The Hall–Kier alpha value is -1.21. The lowest BCUT2D eigenvalue weighted by atomic mass is 10.3. The topological polar surface area (TPSA) is 85.3 Å². The molecule has 0 atom stereocenters. The molecule has 0 unspecified atom stereocenters. The highest BCUT2D eigenvalue weighted by Crippen LogP contribution is 2.26. The molecule has 0 bridgehead atoms. The molecular formula is C11H10Cl2N2O3S. The average molecular weight is 321 g/mol. The maximum Gasteiger partial charge on any atom is 0.295 e. The zero-order valence-electron chi connectivity index (χ0n) is 9.56. The van der Waals surface area contributed by atoms with Gasteiger partial charge in [-0.2, -0.15) is 8.42 Å². The van der Waals surface area contributed by atoms with E-state index in [0.717, 1.165) is 0 Å². The molecule has 0 aliphatic heterocycles. The summed E-state index contributed by atoms with van der Waals surface area (Å²) in [5.41, 5.74) is 5.65. The maximum atomic E-state index is 12.0. The normalized spacial score (nSPS) is 11.5. The lowest BCUT2D eigenvalue weighted by Crippen LogP contribution is -2.12. The van der Waals surface area contributed by atoms with E-state index in [1.807, 2.05) is 0 Å². The van der Waals surface area contributed by atoms with E-state index in [1.165, 1.54) is 30.3 Å². The Balaban J connectivity index is 2.28. The van der Waals surface area contributed by atoms with Crippen LogP contribution in [0.15, 0.2) is 39.8 Å². The maximum absolute atomic E-state index is 12.0. The Bertz CT molecular complexity index is 698. The fourth-order valence-corrected chi connectivity index (χ4v) is 2.68. The molecule has 8 heteroatoms. The summed E-state index contributed by atoms with van der Waals surface area (Å²) in [5.74, 6) is 0.384. The van der Waals surface area contributed by atoms with Gasteiger partial charge in [-0.3, -0.25) is 4.72 Å². The van der Waals surface area contributed by atoms with Gasteiger partial charge >= 0.3 is 0 Å². The lowest BCUT2D eigenvalue weighted by molar-refractivity contribution is 0.417. The van der Waals surface area contributed by atoms with Crippen molar-refractivity contribution in [1.29, 1.82) is 0 Å². The van der Waals surface area contributed by atoms with Gasteiger partial charge in [0.05, 0.1) is 22.3 Å². The molecule has 1 aromatic heterocycles. The van der Waals surface area contributed by atoms with E-state index in [2.05, 4.69) is 4.72 Å². The monoisotopic (exact) mass is 320 g/mol. The Kier molecular flexibility index (Phi) is 4.05. The van der Waals surface area contributed by atoms with Gasteiger partial charge in [-0.25, -0.2) is 0 Å². The number of nitrogens with one attached hydrogen (secondary N) is 1. The van der Waals surface area contributed by atoms with E-state index >= 15 is 0 Å². The summed E-state index contributed by atoms with van der Waals surface area (Å²) in [4.78, 5) is 0. The summed E-state index contributed by atoms with van der Waals surface area (Å²) in [6, 6.07) is 7.24. The van der Waals surface area contributed by atoms with Gasteiger partial charge in [0.15, 0.2) is 0 Å². The third-order valence-electron chi connectivity index (χ3n) is 2.27. The summed E-state index contributed by atoms with van der Waals surface area (Å²) >= 11 is 11.6. The Morgan fingerprint density at radius 3 is 2.47 bits per heavy atom. The van der Waals surface area contributed by atoms with Crippen LogP contribution in [-0.2, 0) is 16.6 Å². The number of benzene rings is 1. The second kappa shape index (κ2) is 5.42. The first-order valence-corrected chi connectivity index (χ1v) is 7.43. The summed E-state index contributed by atoms with van der Waals surface area (Å²) in [5, 5.41) is 0.385. The van der Waals surface area contributed by atoms with Crippen LogP contribution >= 0.6 is 23.2 Å². The Labute approximate surface area is 120 Å². The Morgan fingerprint density at radius 1 is 1.16 bits per heavy atom. The van der Waals surface area contributed by atoms with E-state index in [4.69, 9.17) is 33.4 Å². The number of anilines is 1. The highest BCUT2D eigenvalue weighted by molar-refractivity contribution is 7.92. The van der Waals surface area contributed by atoms with E-state index in [0.29, 0.717) is 16.5 Å². The Morgan fingerprint density at radius 2 is 1.89 bits per heavy atom. The first-order valence-electron chi connectivity index (χ1n) is 5.19. The van der Waals surface area contributed by atoms with Gasteiger partial charge in [-0.15, -0.1) is 0 Å². The highest BCUT2D eigenvalue weighted by Gasteiger charge is 2.19. The number of rotatable bonds is 4. The smallest absolute Gasteiger partial charge is 0.295 e. The molecule has 0 radical (unpaired) electrons. The van der Waals surface area contributed by atoms with Gasteiger partial charge < -0.3 is 10.2 Å². The molecule has 0 spiro atoms. The van der Waals surface area contributed by atoms with E-state index in [-0.39, 0.29) is 16.7 Å². The third-order valence-corrected chi connectivity index (χ3v) is 4.27. The van der Waals surface area contributed by atoms with E-state index < -0.39 is 10.0 Å². The van der Waals surface area contributed by atoms with Crippen molar-refractivity contribution < 1.29 is 12.8 Å². The van der Waals surface area contributed by atoms with Gasteiger partial charge in [-0.05, 0) is 30.3 Å². The van der Waals surface area contributed by atoms with Gasteiger partial charge in [-0.1, -0.05) is 23.2 Å². The van der Waals surface area contributed by atoms with E-state index in [9.17, 15) is 8.42 Å². The predicted octanol–water partition coefficient (Wildman–Crippen LogP) is 2.85. The SMILES string of the molecule is NCc1ccc(S(=O)(=O)Nc2ccc(Cl)c(Cl)c2)o1. The van der Waals surface area contributed by atoms with Crippen molar-refractivity contribution in [3.8, 4) is 0 Å². The molecule has 102 valence electrons. The van der Waals surface area contributed by atoms with Crippen LogP contribution in [0.5, 0.6) is 0 Å². The summed E-state index contributed by atoms with van der Waals surface area (Å²) in [7, 11) is -3.81. The van der Waals surface area contributed by atoms with Crippen LogP contribution in [0.4, 0.5) is 5.69 Å². The predicted molar refractivity (Wildman–Crippen MR) is 73.9 cm³/mol. The van der Waals surface area contributed by atoms with Crippen LogP contribution < -0.4 is 10.5 Å². The summed E-state index contributed by atoms with van der Waals surface area (Å²) < 4.78 is 31.4. The van der Waals surface area contributed by atoms with Crippen LogP contribution in [0.3, 0.4) is 0 Å². The van der Waals surface area contributed by atoms with Crippen LogP contribution in [0.25, 0.3) is 0 Å². The fourth-order valence-electron chi connectivity index (χ4n) is 1.38. The number of hydrogen-bond acceptors (Lipinski definition) is 4. The third kappa shape index (κ3) is 3.22. The molecular weight excluding hydrogens is 311 g/mol. The van der Waals surface area contributed by atoms with Crippen molar-refractivity contribution in [1.82, 2.24) is 0 Å². The largest absolute Gasteiger partial charge is 0.446 e. The molecule has 2 rings (SSSR count). The summed E-state index contributed by atoms with van der Waals surface area (Å²) in [6.45, 7) is 0.127. The quantitative estimate of drug-likeness (QED) is 0.907. The van der Waals surface area contributed by atoms with Crippen molar-refractivity contribution >= 4 is 38.9 Å². The molecule has 5 nitrogen and oxygen atoms in total.